The van der Waals surface area contributed by atoms with Crippen LogP contribution >= 0.6 is 0 Å². The first-order chi connectivity index (χ1) is 10.2. The smallest absolute Gasteiger partial charge is 0.267 e. The van der Waals surface area contributed by atoms with Crippen molar-refractivity contribution >= 4 is 12.3 Å². The van der Waals surface area contributed by atoms with Gasteiger partial charge in [-0.05, 0) is 18.9 Å². The minimum absolute atomic E-state index is 0.0273. The molecular formula is C14H18N4O3. The Hall–Kier alpha value is -2.18. The van der Waals surface area contributed by atoms with Gasteiger partial charge in [-0.25, -0.2) is 4.68 Å². The van der Waals surface area contributed by atoms with Crippen LogP contribution in [0.1, 0.15) is 24.5 Å². The first-order valence-corrected chi connectivity index (χ1v) is 7.22. The number of hydrogen-bond acceptors (Lipinski definition) is 4. The van der Waals surface area contributed by atoms with E-state index in [0.717, 1.165) is 24.9 Å². The molecule has 112 valence electrons. The maximum absolute atomic E-state index is 12.2. The Morgan fingerprint density at radius 3 is 2.57 bits per heavy atom. The number of aromatic nitrogens is 2. The highest BCUT2D eigenvalue weighted by Crippen LogP contribution is 2.38. The van der Waals surface area contributed by atoms with Gasteiger partial charge in [-0.2, -0.15) is 5.10 Å². The molecule has 0 N–H and O–H groups in total. The maximum atomic E-state index is 12.2. The van der Waals surface area contributed by atoms with E-state index in [4.69, 9.17) is 0 Å². The van der Waals surface area contributed by atoms with Crippen molar-refractivity contribution in [2.45, 2.75) is 25.3 Å². The van der Waals surface area contributed by atoms with Crippen LogP contribution in [0.3, 0.4) is 0 Å². The Balaban J connectivity index is 1.66. The molecule has 1 aromatic heterocycles. The molecule has 3 rings (SSSR count). The minimum atomic E-state index is -0.251. The van der Waals surface area contributed by atoms with E-state index >= 15 is 0 Å². The molecule has 2 fully saturated rings. The molecule has 2 heterocycles. The quantitative estimate of drug-likeness (QED) is 0.695. The molecule has 0 bridgehead atoms. The fraction of sp³-hybridized carbons (Fsp3) is 0.571. The predicted molar refractivity (Wildman–Crippen MR) is 74.7 cm³/mol. The van der Waals surface area contributed by atoms with E-state index in [9.17, 15) is 14.4 Å². The number of carbonyl (C=O) groups is 2. The number of carbonyl (C=O) groups excluding carboxylic acids is 2. The third-order valence-corrected chi connectivity index (χ3v) is 3.98. The van der Waals surface area contributed by atoms with Gasteiger partial charge in [0.05, 0.1) is 5.69 Å². The van der Waals surface area contributed by atoms with E-state index in [1.165, 1.54) is 10.7 Å². The van der Waals surface area contributed by atoms with Crippen LogP contribution in [0.2, 0.25) is 0 Å². The van der Waals surface area contributed by atoms with Gasteiger partial charge in [-0.3, -0.25) is 14.4 Å². The molecule has 7 heteroatoms. The van der Waals surface area contributed by atoms with Gasteiger partial charge < -0.3 is 9.80 Å². The molecule has 21 heavy (non-hydrogen) atoms. The lowest BCUT2D eigenvalue weighted by Crippen LogP contribution is -2.49. The first-order valence-electron chi connectivity index (χ1n) is 7.22. The van der Waals surface area contributed by atoms with Crippen LogP contribution in [0.15, 0.2) is 16.9 Å². The van der Waals surface area contributed by atoms with E-state index in [-0.39, 0.29) is 18.0 Å². The summed E-state index contributed by atoms with van der Waals surface area (Å²) >= 11 is 0. The van der Waals surface area contributed by atoms with Gasteiger partial charge in [0.1, 0.15) is 6.54 Å². The standard InChI is InChI=1S/C14H18N4O3/c19-10-16-5-7-17(8-6-16)14(21)9-18-13(20)4-3-12(15-18)11-1-2-11/h3-4,10-11H,1-2,5-9H2. The van der Waals surface area contributed by atoms with Crippen LogP contribution in [0.4, 0.5) is 0 Å². The summed E-state index contributed by atoms with van der Waals surface area (Å²) in [7, 11) is 0. The van der Waals surface area contributed by atoms with Crippen LogP contribution < -0.4 is 5.56 Å². The van der Waals surface area contributed by atoms with Crippen molar-refractivity contribution in [1.29, 1.82) is 0 Å². The molecule has 1 saturated carbocycles. The molecule has 1 aliphatic heterocycles. The van der Waals surface area contributed by atoms with Crippen molar-refractivity contribution in [3.05, 3.63) is 28.2 Å². The van der Waals surface area contributed by atoms with Gasteiger partial charge >= 0.3 is 0 Å². The Morgan fingerprint density at radius 2 is 1.95 bits per heavy atom. The number of nitrogens with zero attached hydrogens (tertiary/aromatic N) is 4. The largest absolute Gasteiger partial charge is 0.342 e. The summed E-state index contributed by atoms with van der Waals surface area (Å²) in [6.07, 6.45) is 3.01. The molecule has 1 aliphatic carbocycles. The van der Waals surface area contributed by atoms with Gasteiger partial charge in [-0.15, -0.1) is 0 Å². The molecule has 0 unspecified atom stereocenters. The highest BCUT2D eigenvalue weighted by molar-refractivity contribution is 5.76. The average molecular weight is 290 g/mol. The maximum Gasteiger partial charge on any atom is 0.267 e. The zero-order valence-electron chi connectivity index (χ0n) is 11.8. The third-order valence-electron chi connectivity index (χ3n) is 3.98. The van der Waals surface area contributed by atoms with E-state index in [1.54, 1.807) is 15.9 Å². The number of amides is 2. The van der Waals surface area contributed by atoms with Crippen molar-refractivity contribution in [3.63, 3.8) is 0 Å². The Bertz CT molecular complexity index is 600. The normalized spacial score (nSPS) is 18.7. The van der Waals surface area contributed by atoms with E-state index in [0.29, 0.717) is 32.1 Å². The Labute approximate surface area is 122 Å². The molecule has 0 radical (unpaired) electrons. The van der Waals surface area contributed by atoms with Crippen LogP contribution in [-0.2, 0) is 16.1 Å². The van der Waals surface area contributed by atoms with Crippen LogP contribution in [0.25, 0.3) is 0 Å². The summed E-state index contributed by atoms with van der Waals surface area (Å²) in [5.41, 5.74) is 0.646. The van der Waals surface area contributed by atoms with Gasteiger partial charge in [0.25, 0.3) is 5.56 Å². The predicted octanol–water partition coefficient (Wildman–Crippen LogP) is -0.579. The van der Waals surface area contributed by atoms with E-state index in [2.05, 4.69) is 5.10 Å². The van der Waals surface area contributed by atoms with E-state index in [1.807, 2.05) is 0 Å². The number of hydrogen-bond donors (Lipinski definition) is 0. The van der Waals surface area contributed by atoms with Gasteiger partial charge in [0.2, 0.25) is 12.3 Å². The second-order valence-corrected chi connectivity index (χ2v) is 5.55. The lowest BCUT2D eigenvalue weighted by atomic mass is 10.3. The molecule has 0 spiro atoms. The zero-order valence-corrected chi connectivity index (χ0v) is 11.8. The molecule has 1 saturated heterocycles. The van der Waals surface area contributed by atoms with Crippen molar-refractivity contribution < 1.29 is 9.59 Å². The molecular weight excluding hydrogens is 272 g/mol. The second kappa shape index (κ2) is 5.67. The first kappa shape index (κ1) is 13.8. The summed E-state index contributed by atoms with van der Waals surface area (Å²) in [4.78, 5) is 38.0. The molecule has 1 aromatic rings. The lowest BCUT2D eigenvalue weighted by Gasteiger charge is -2.32. The van der Waals surface area contributed by atoms with Gasteiger partial charge in [0, 0.05) is 38.2 Å². The fourth-order valence-electron chi connectivity index (χ4n) is 2.48. The van der Waals surface area contributed by atoms with Crippen LogP contribution in [0.5, 0.6) is 0 Å². The Kier molecular flexibility index (Phi) is 3.72. The lowest BCUT2D eigenvalue weighted by molar-refractivity contribution is -0.135. The van der Waals surface area contributed by atoms with E-state index < -0.39 is 0 Å². The SMILES string of the molecule is O=CN1CCN(C(=O)Cn2nc(C3CC3)ccc2=O)CC1. The number of rotatable bonds is 4. The summed E-state index contributed by atoms with van der Waals surface area (Å²) < 4.78 is 1.25. The third kappa shape index (κ3) is 3.12. The fourth-order valence-corrected chi connectivity index (χ4v) is 2.48. The monoisotopic (exact) mass is 290 g/mol. The van der Waals surface area contributed by atoms with Crippen LogP contribution in [0, 0.1) is 0 Å². The van der Waals surface area contributed by atoms with Gasteiger partial charge in [-0.1, -0.05) is 0 Å². The highest BCUT2D eigenvalue weighted by atomic mass is 16.2. The topological polar surface area (TPSA) is 75.5 Å². The van der Waals surface area contributed by atoms with Crippen molar-refractivity contribution in [2.75, 3.05) is 26.2 Å². The Morgan fingerprint density at radius 1 is 1.24 bits per heavy atom. The minimum Gasteiger partial charge on any atom is -0.342 e. The van der Waals surface area contributed by atoms with Crippen LogP contribution in [-0.4, -0.2) is 58.1 Å². The average Bonchev–Trinajstić information content (AvgIpc) is 3.34. The molecule has 2 amide bonds. The molecule has 0 aromatic carbocycles. The molecule has 7 nitrogen and oxygen atoms in total. The summed E-state index contributed by atoms with van der Waals surface area (Å²) in [5.74, 6) is 0.325. The second-order valence-electron chi connectivity index (χ2n) is 5.55. The molecule has 2 aliphatic rings. The summed E-state index contributed by atoms with van der Waals surface area (Å²) in [6, 6.07) is 3.24. The molecule has 0 atom stereocenters. The van der Waals surface area contributed by atoms with Crippen molar-refractivity contribution in [1.82, 2.24) is 19.6 Å². The zero-order chi connectivity index (χ0) is 14.8. The summed E-state index contributed by atoms with van der Waals surface area (Å²) in [5, 5.41) is 4.29. The van der Waals surface area contributed by atoms with Crippen molar-refractivity contribution in [3.8, 4) is 0 Å². The highest BCUT2D eigenvalue weighted by Gasteiger charge is 2.26. The number of piperazine rings is 1. The summed E-state index contributed by atoms with van der Waals surface area (Å²) in [6.45, 7) is 2.07. The van der Waals surface area contributed by atoms with Crippen molar-refractivity contribution in [2.24, 2.45) is 0 Å². The van der Waals surface area contributed by atoms with Gasteiger partial charge in [0.15, 0.2) is 0 Å².